The summed E-state index contributed by atoms with van der Waals surface area (Å²) in [6.07, 6.45) is 0. The lowest BCUT2D eigenvalue weighted by Crippen LogP contribution is -2.10. The summed E-state index contributed by atoms with van der Waals surface area (Å²) < 4.78 is 7.44. The third-order valence-electron chi connectivity index (χ3n) is 12.4. The molecule has 0 amide bonds. The van der Waals surface area contributed by atoms with Gasteiger partial charge in [-0.25, -0.2) is 0 Å². The Morgan fingerprint density at radius 1 is 0.350 bits per heavy atom. The van der Waals surface area contributed by atoms with Gasteiger partial charge in [0.05, 0.1) is 22.1 Å². The molecule has 0 spiro atoms. The SMILES string of the molecule is CC(C)(C)c1ccc2c(c1)c1cc(C(C)(C)C)ccc1n2-c1ccc(N(c2ccc(-n3c4ccccc4c4ccccc43)cc2)c2ccc3sc4ccccc4c3c2)cc1. The quantitative estimate of drug-likeness (QED) is 0.169. The van der Waals surface area contributed by atoms with E-state index in [0.29, 0.717) is 0 Å². The van der Waals surface area contributed by atoms with E-state index in [-0.39, 0.29) is 10.8 Å². The summed E-state index contributed by atoms with van der Waals surface area (Å²) in [6, 6.07) is 65.5. The van der Waals surface area contributed by atoms with Crippen LogP contribution in [-0.4, -0.2) is 9.13 Å². The lowest BCUT2D eigenvalue weighted by atomic mass is 9.85. The minimum absolute atomic E-state index is 0.0509. The number of hydrogen-bond donors (Lipinski definition) is 0. The zero-order chi connectivity index (χ0) is 40.9. The van der Waals surface area contributed by atoms with Gasteiger partial charge in [0.2, 0.25) is 0 Å². The van der Waals surface area contributed by atoms with Crippen molar-refractivity contribution in [3.63, 3.8) is 0 Å². The molecule has 0 saturated heterocycles. The molecule has 292 valence electrons. The van der Waals surface area contributed by atoms with Crippen molar-refractivity contribution in [2.45, 2.75) is 52.4 Å². The Morgan fingerprint density at radius 3 is 1.27 bits per heavy atom. The van der Waals surface area contributed by atoms with Crippen LogP contribution >= 0.6 is 11.3 Å². The van der Waals surface area contributed by atoms with Gasteiger partial charge in [-0.05, 0) is 131 Å². The first kappa shape index (κ1) is 36.5. The first-order valence-electron chi connectivity index (χ1n) is 21.0. The molecule has 0 fully saturated rings. The highest BCUT2D eigenvalue weighted by Crippen LogP contribution is 2.43. The van der Waals surface area contributed by atoms with E-state index in [4.69, 9.17) is 0 Å². The average Bonchev–Trinajstić information content (AvgIpc) is 3.91. The Bertz CT molecular complexity index is 3310. The Hall–Kier alpha value is -6.62. The molecule has 4 heteroatoms. The topological polar surface area (TPSA) is 13.1 Å². The van der Waals surface area contributed by atoms with E-state index >= 15 is 0 Å². The summed E-state index contributed by atoms with van der Waals surface area (Å²) in [5.74, 6) is 0. The molecular formula is C56H47N3S. The molecule has 8 aromatic carbocycles. The average molecular weight is 794 g/mol. The van der Waals surface area contributed by atoms with Crippen molar-refractivity contribution in [2.24, 2.45) is 0 Å². The second-order valence-corrected chi connectivity index (χ2v) is 19.4. The Morgan fingerprint density at radius 2 is 0.767 bits per heavy atom. The minimum Gasteiger partial charge on any atom is -0.310 e. The van der Waals surface area contributed by atoms with Gasteiger partial charge >= 0.3 is 0 Å². The molecule has 0 unspecified atom stereocenters. The zero-order valence-corrected chi connectivity index (χ0v) is 35.8. The van der Waals surface area contributed by atoms with Crippen molar-refractivity contribution in [1.29, 1.82) is 0 Å². The van der Waals surface area contributed by atoms with Crippen molar-refractivity contribution < 1.29 is 0 Å². The van der Waals surface area contributed by atoms with E-state index in [1.807, 2.05) is 11.3 Å². The molecule has 0 atom stereocenters. The van der Waals surface area contributed by atoms with Crippen LogP contribution in [-0.2, 0) is 10.8 Å². The maximum atomic E-state index is 2.45. The smallest absolute Gasteiger partial charge is 0.0541 e. The first-order chi connectivity index (χ1) is 29.0. The number of para-hydroxylation sites is 2. The molecule has 3 aromatic heterocycles. The number of aromatic nitrogens is 2. The zero-order valence-electron chi connectivity index (χ0n) is 35.0. The number of anilines is 3. The van der Waals surface area contributed by atoms with Crippen LogP contribution in [0.5, 0.6) is 0 Å². The van der Waals surface area contributed by atoms with Crippen LogP contribution in [0.3, 0.4) is 0 Å². The number of nitrogens with zero attached hydrogens (tertiary/aromatic N) is 3. The highest BCUT2D eigenvalue weighted by Gasteiger charge is 2.22. The summed E-state index contributed by atoms with van der Waals surface area (Å²) in [7, 11) is 0. The fraction of sp³-hybridized carbons (Fsp3) is 0.143. The third-order valence-corrected chi connectivity index (χ3v) is 13.6. The van der Waals surface area contributed by atoms with Gasteiger partial charge in [-0.15, -0.1) is 11.3 Å². The molecule has 0 aliphatic carbocycles. The summed E-state index contributed by atoms with van der Waals surface area (Å²) >= 11 is 1.86. The lowest BCUT2D eigenvalue weighted by Gasteiger charge is -2.26. The predicted molar refractivity (Wildman–Crippen MR) is 260 cm³/mol. The van der Waals surface area contributed by atoms with Crippen LogP contribution in [0.1, 0.15) is 52.7 Å². The van der Waals surface area contributed by atoms with E-state index in [1.54, 1.807) is 0 Å². The number of benzene rings is 8. The summed E-state index contributed by atoms with van der Waals surface area (Å²) in [4.78, 5) is 2.41. The van der Waals surface area contributed by atoms with Crippen molar-refractivity contribution in [2.75, 3.05) is 4.90 Å². The van der Waals surface area contributed by atoms with E-state index < -0.39 is 0 Å². The molecular weight excluding hydrogens is 747 g/mol. The highest BCUT2D eigenvalue weighted by molar-refractivity contribution is 7.25. The predicted octanol–water partition coefficient (Wildman–Crippen LogP) is 16.3. The molecule has 3 heterocycles. The number of thiophene rings is 1. The molecule has 0 radical (unpaired) electrons. The van der Waals surface area contributed by atoms with Crippen LogP contribution in [0.25, 0.3) is 75.2 Å². The molecule has 60 heavy (non-hydrogen) atoms. The van der Waals surface area contributed by atoms with E-state index in [1.165, 1.54) is 74.9 Å². The van der Waals surface area contributed by atoms with Gasteiger partial charge in [0.1, 0.15) is 0 Å². The van der Waals surface area contributed by atoms with E-state index in [2.05, 4.69) is 232 Å². The highest BCUT2D eigenvalue weighted by atomic mass is 32.1. The molecule has 0 aliphatic rings. The Kier molecular flexibility index (Phi) is 8.18. The fourth-order valence-corrected chi connectivity index (χ4v) is 10.3. The lowest BCUT2D eigenvalue weighted by molar-refractivity contribution is 0.590. The van der Waals surface area contributed by atoms with Gasteiger partial charge in [-0.1, -0.05) is 108 Å². The normalized spacial score (nSPS) is 12.5. The van der Waals surface area contributed by atoms with Crippen molar-refractivity contribution in [3.8, 4) is 11.4 Å². The summed E-state index contributed by atoms with van der Waals surface area (Å²) in [5, 5.41) is 7.71. The van der Waals surface area contributed by atoms with Crippen LogP contribution < -0.4 is 4.90 Å². The van der Waals surface area contributed by atoms with Crippen molar-refractivity contribution in [3.05, 3.63) is 187 Å². The maximum absolute atomic E-state index is 2.45. The van der Waals surface area contributed by atoms with Crippen LogP contribution in [0.2, 0.25) is 0 Å². The Balaban J connectivity index is 1.07. The number of fused-ring (bicyclic) bond motifs is 9. The number of rotatable bonds is 5. The fourth-order valence-electron chi connectivity index (χ4n) is 9.24. The van der Waals surface area contributed by atoms with Gasteiger partial charge in [0.25, 0.3) is 0 Å². The molecule has 11 aromatic rings. The molecule has 0 saturated carbocycles. The van der Waals surface area contributed by atoms with Crippen molar-refractivity contribution in [1.82, 2.24) is 9.13 Å². The van der Waals surface area contributed by atoms with Gasteiger partial charge in [0.15, 0.2) is 0 Å². The third kappa shape index (κ3) is 5.84. The molecule has 0 bridgehead atoms. The first-order valence-corrected chi connectivity index (χ1v) is 21.8. The monoisotopic (exact) mass is 793 g/mol. The summed E-state index contributed by atoms with van der Waals surface area (Å²) in [5.41, 5.74) is 13.3. The van der Waals surface area contributed by atoms with Gasteiger partial charge in [0, 0.05) is 70.2 Å². The van der Waals surface area contributed by atoms with Crippen LogP contribution in [0.15, 0.2) is 176 Å². The minimum atomic E-state index is 0.0509. The van der Waals surface area contributed by atoms with E-state index in [9.17, 15) is 0 Å². The second kappa shape index (κ2) is 13.5. The largest absolute Gasteiger partial charge is 0.310 e. The molecule has 0 N–H and O–H groups in total. The molecule has 3 nitrogen and oxygen atoms in total. The van der Waals surface area contributed by atoms with Crippen LogP contribution in [0.4, 0.5) is 17.1 Å². The molecule has 11 rings (SSSR count). The van der Waals surface area contributed by atoms with E-state index in [0.717, 1.165) is 28.4 Å². The Labute approximate surface area is 355 Å². The molecule has 0 aliphatic heterocycles. The van der Waals surface area contributed by atoms with Gasteiger partial charge in [-0.2, -0.15) is 0 Å². The summed E-state index contributed by atoms with van der Waals surface area (Å²) in [6.45, 7) is 13.8. The van der Waals surface area contributed by atoms with Crippen LogP contribution in [0, 0.1) is 0 Å². The second-order valence-electron chi connectivity index (χ2n) is 18.3. The van der Waals surface area contributed by atoms with Gasteiger partial charge < -0.3 is 14.0 Å². The van der Waals surface area contributed by atoms with Crippen molar-refractivity contribution >= 4 is 92.2 Å². The number of hydrogen-bond acceptors (Lipinski definition) is 2. The van der Waals surface area contributed by atoms with Gasteiger partial charge in [-0.3, -0.25) is 0 Å². The maximum Gasteiger partial charge on any atom is 0.0541 e. The standard InChI is InChI=1S/C56H47N3S/c1-55(2,3)36-19-30-51-46(33-36)47-34-37(56(4,5)6)20-31-52(47)59(51)41-27-23-39(24-28-41)57(42-29-32-54-48(35-42)45-15-9-12-18-53(45)60-54)38-21-25-40(26-22-38)58-49-16-10-7-13-43(49)44-14-8-11-17-50(44)58/h7-35H,1-6H3.